The predicted octanol–water partition coefficient (Wildman–Crippen LogP) is 6.28. The third-order valence-corrected chi connectivity index (χ3v) is 7.49. The number of ether oxygens (including phenoxy) is 1. The van der Waals surface area contributed by atoms with E-state index in [1.807, 2.05) is 77.7 Å². The molecule has 196 valence electrons. The van der Waals surface area contributed by atoms with Gasteiger partial charge in [-0.1, -0.05) is 67.9 Å². The Bertz CT molecular complexity index is 1410. The molecule has 0 spiro atoms. The molecule has 0 saturated heterocycles. The van der Waals surface area contributed by atoms with E-state index in [4.69, 9.17) is 16.3 Å². The summed E-state index contributed by atoms with van der Waals surface area (Å²) >= 11 is 6.75. The van der Waals surface area contributed by atoms with Gasteiger partial charge < -0.3 is 20.3 Å². The van der Waals surface area contributed by atoms with Crippen LogP contribution in [0.5, 0.6) is 5.75 Å². The first-order chi connectivity index (χ1) is 18.3. The average Bonchev–Trinajstić information content (AvgIpc) is 3.01. The number of para-hydroxylation sites is 2. The second-order valence-corrected chi connectivity index (χ2v) is 11.1. The zero-order chi connectivity index (χ0) is 26.9. The summed E-state index contributed by atoms with van der Waals surface area (Å²) in [5.41, 5.74) is 4.83. The van der Waals surface area contributed by atoms with E-state index in [0.717, 1.165) is 40.4 Å². The molecule has 1 atom stereocenters. The first-order valence-electron chi connectivity index (χ1n) is 12.8. The third kappa shape index (κ3) is 5.27. The Kier molecular flexibility index (Phi) is 7.17. The summed E-state index contributed by atoms with van der Waals surface area (Å²) in [6.45, 7) is 4.64. The van der Waals surface area contributed by atoms with E-state index in [9.17, 15) is 9.59 Å². The first kappa shape index (κ1) is 25.9. The number of benzene rings is 3. The van der Waals surface area contributed by atoms with Gasteiger partial charge in [0.1, 0.15) is 5.75 Å². The number of carbonyl (C=O) groups excluding carboxylic acids is 2. The van der Waals surface area contributed by atoms with E-state index in [0.29, 0.717) is 23.6 Å². The van der Waals surface area contributed by atoms with E-state index >= 15 is 0 Å². The van der Waals surface area contributed by atoms with Crippen LogP contribution in [0.2, 0.25) is 5.02 Å². The molecule has 5 rings (SSSR count). The van der Waals surface area contributed by atoms with Gasteiger partial charge in [-0.3, -0.25) is 9.59 Å². The van der Waals surface area contributed by atoms with Crippen molar-refractivity contribution in [3.05, 3.63) is 100 Å². The predicted molar refractivity (Wildman–Crippen MR) is 151 cm³/mol. The van der Waals surface area contributed by atoms with Crippen LogP contribution in [0.15, 0.2) is 84.1 Å². The second kappa shape index (κ2) is 10.5. The molecule has 1 heterocycles. The highest BCUT2D eigenvalue weighted by Crippen LogP contribution is 2.49. The van der Waals surface area contributed by atoms with Crippen molar-refractivity contribution >= 4 is 34.7 Å². The van der Waals surface area contributed by atoms with Crippen LogP contribution in [0.25, 0.3) is 0 Å². The SMILES string of the molecule is COc1cccc(CNC(=O)CN2c3ccccc3NC3=C(C(=O)CC(C)(C)C3)C2c2ccccc2Cl)c1. The molecule has 0 aromatic heterocycles. The smallest absolute Gasteiger partial charge is 0.239 e. The number of methoxy groups -OCH3 is 1. The second-order valence-electron chi connectivity index (χ2n) is 10.7. The molecule has 0 fully saturated rings. The quantitative estimate of drug-likeness (QED) is 0.393. The van der Waals surface area contributed by atoms with Gasteiger partial charge in [-0.15, -0.1) is 0 Å². The lowest BCUT2D eigenvalue weighted by atomic mass is 9.73. The van der Waals surface area contributed by atoms with Crippen molar-refractivity contribution in [1.29, 1.82) is 0 Å². The van der Waals surface area contributed by atoms with Gasteiger partial charge in [0.05, 0.1) is 31.1 Å². The number of fused-ring (bicyclic) bond motifs is 1. The summed E-state index contributed by atoms with van der Waals surface area (Å²) in [5.74, 6) is 0.650. The molecule has 1 unspecified atom stereocenters. The summed E-state index contributed by atoms with van der Waals surface area (Å²) in [5, 5.41) is 7.17. The van der Waals surface area contributed by atoms with Gasteiger partial charge in [-0.2, -0.15) is 0 Å². The van der Waals surface area contributed by atoms with Crippen molar-refractivity contribution < 1.29 is 14.3 Å². The van der Waals surface area contributed by atoms with Crippen molar-refractivity contribution in [2.75, 3.05) is 23.9 Å². The highest BCUT2D eigenvalue weighted by Gasteiger charge is 2.42. The highest BCUT2D eigenvalue weighted by molar-refractivity contribution is 6.31. The number of carbonyl (C=O) groups is 2. The number of allylic oxidation sites excluding steroid dienone is 1. The fraction of sp³-hybridized carbons (Fsp3) is 0.290. The number of ketones is 1. The fourth-order valence-corrected chi connectivity index (χ4v) is 5.68. The molecule has 0 saturated carbocycles. The first-order valence-corrected chi connectivity index (χ1v) is 13.2. The Hall–Kier alpha value is -3.77. The Morgan fingerprint density at radius 2 is 1.84 bits per heavy atom. The lowest BCUT2D eigenvalue weighted by Gasteiger charge is -2.38. The molecule has 1 aliphatic carbocycles. The van der Waals surface area contributed by atoms with Crippen LogP contribution in [0.4, 0.5) is 11.4 Å². The van der Waals surface area contributed by atoms with Gasteiger partial charge in [0, 0.05) is 29.3 Å². The van der Waals surface area contributed by atoms with Crippen LogP contribution in [0.3, 0.4) is 0 Å². The van der Waals surface area contributed by atoms with Crippen LogP contribution >= 0.6 is 11.6 Å². The van der Waals surface area contributed by atoms with Crippen LogP contribution in [-0.2, 0) is 16.1 Å². The third-order valence-electron chi connectivity index (χ3n) is 7.14. The number of halogens is 1. The number of hydrogen-bond donors (Lipinski definition) is 2. The Morgan fingerprint density at radius 3 is 2.63 bits per heavy atom. The molecule has 3 aromatic carbocycles. The van der Waals surface area contributed by atoms with Crippen LogP contribution in [0, 0.1) is 5.41 Å². The minimum atomic E-state index is -0.513. The van der Waals surface area contributed by atoms with E-state index < -0.39 is 6.04 Å². The van der Waals surface area contributed by atoms with E-state index in [1.54, 1.807) is 7.11 Å². The van der Waals surface area contributed by atoms with Crippen LogP contribution in [0.1, 0.15) is 43.9 Å². The monoisotopic (exact) mass is 529 g/mol. The summed E-state index contributed by atoms with van der Waals surface area (Å²) < 4.78 is 5.31. The Morgan fingerprint density at radius 1 is 1.08 bits per heavy atom. The van der Waals surface area contributed by atoms with Crippen molar-refractivity contribution in [1.82, 2.24) is 5.32 Å². The molecule has 2 aliphatic rings. The van der Waals surface area contributed by atoms with Crippen LogP contribution in [-0.4, -0.2) is 25.3 Å². The number of rotatable bonds is 6. The highest BCUT2D eigenvalue weighted by atomic mass is 35.5. The molecular weight excluding hydrogens is 498 g/mol. The molecule has 38 heavy (non-hydrogen) atoms. The van der Waals surface area contributed by atoms with Crippen molar-refractivity contribution in [3.63, 3.8) is 0 Å². The molecule has 7 heteroatoms. The molecule has 2 N–H and O–H groups in total. The van der Waals surface area contributed by atoms with Crippen molar-refractivity contribution in [2.45, 2.75) is 39.3 Å². The maximum atomic E-state index is 13.8. The van der Waals surface area contributed by atoms with E-state index in [-0.39, 0.29) is 23.7 Å². The topological polar surface area (TPSA) is 70.7 Å². The summed E-state index contributed by atoms with van der Waals surface area (Å²) in [6.07, 6.45) is 1.15. The number of amides is 1. The average molecular weight is 530 g/mol. The van der Waals surface area contributed by atoms with Gasteiger partial charge >= 0.3 is 0 Å². The zero-order valence-corrected chi connectivity index (χ0v) is 22.6. The molecule has 0 bridgehead atoms. The van der Waals surface area contributed by atoms with Crippen molar-refractivity contribution in [2.24, 2.45) is 5.41 Å². The number of nitrogens with zero attached hydrogens (tertiary/aromatic N) is 1. The summed E-state index contributed by atoms with van der Waals surface area (Å²) in [7, 11) is 1.62. The maximum Gasteiger partial charge on any atom is 0.239 e. The normalized spacial score (nSPS) is 18.2. The summed E-state index contributed by atoms with van der Waals surface area (Å²) in [4.78, 5) is 29.2. The Labute approximate surface area is 228 Å². The lowest BCUT2D eigenvalue weighted by molar-refractivity contribution is -0.120. The van der Waals surface area contributed by atoms with Gasteiger partial charge in [0.15, 0.2) is 5.78 Å². The van der Waals surface area contributed by atoms with E-state index in [1.165, 1.54) is 0 Å². The Balaban J connectivity index is 1.56. The molecule has 1 amide bonds. The number of anilines is 2. The van der Waals surface area contributed by atoms with Gasteiger partial charge in [-0.25, -0.2) is 0 Å². The zero-order valence-electron chi connectivity index (χ0n) is 21.9. The van der Waals surface area contributed by atoms with E-state index in [2.05, 4.69) is 24.5 Å². The van der Waals surface area contributed by atoms with Gasteiger partial charge in [0.2, 0.25) is 5.91 Å². The molecule has 3 aromatic rings. The minimum absolute atomic E-state index is 0.0476. The summed E-state index contributed by atoms with van der Waals surface area (Å²) in [6, 6.07) is 22.5. The molecule has 0 radical (unpaired) electrons. The van der Waals surface area contributed by atoms with Crippen molar-refractivity contribution in [3.8, 4) is 5.75 Å². The number of Topliss-reactive ketones (excluding diaryl/α,β-unsaturated/α-hetero) is 1. The largest absolute Gasteiger partial charge is 0.497 e. The number of hydrogen-bond acceptors (Lipinski definition) is 5. The standard InChI is InChI=1S/C31H32ClN3O3/c1-31(2)16-25-29(27(36)17-31)30(22-11-4-5-12-23(22)32)35(26-14-7-6-13-24(26)34-25)19-28(37)33-18-20-9-8-10-21(15-20)38-3/h4-15,30,34H,16-19H2,1-3H3,(H,33,37). The fourth-order valence-electron chi connectivity index (χ4n) is 5.44. The minimum Gasteiger partial charge on any atom is -0.497 e. The molecule has 6 nitrogen and oxygen atoms in total. The van der Waals surface area contributed by atoms with Crippen LogP contribution < -0.4 is 20.3 Å². The lowest BCUT2D eigenvalue weighted by Crippen LogP contribution is -2.42. The molecule has 1 aliphatic heterocycles. The maximum absolute atomic E-state index is 13.8. The molecular formula is C31H32ClN3O3. The van der Waals surface area contributed by atoms with Gasteiger partial charge in [0.25, 0.3) is 0 Å². The van der Waals surface area contributed by atoms with Gasteiger partial charge in [-0.05, 0) is 53.3 Å². The number of nitrogens with one attached hydrogen (secondary N) is 2.